The standard InChI is InChI=1S/C13H20O/c1-5-10(2)8-12-7-6-11(3)13(9-12)14-4/h6-7,9-10H,5,8H2,1-4H3. The van der Waals surface area contributed by atoms with Gasteiger partial charge in [0.05, 0.1) is 7.11 Å². The van der Waals surface area contributed by atoms with Crippen LogP contribution in [0.5, 0.6) is 5.75 Å². The van der Waals surface area contributed by atoms with Gasteiger partial charge in [-0.25, -0.2) is 0 Å². The van der Waals surface area contributed by atoms with Gasteiger partial charge in [0, 0.05) is 0 Å². The van der Waals surface area contributed by atoms with E-state index in [2.05, 4.69) is 39.0 Å². The highest BCUT2D eigenvalue weighted by molar-refractivity contribution is 5.36. The molecular weight excluding hydrogens is 172 g/mol. The number of rotatable bonds is 4. The first kappa shape index (κ1) is 11.1. The van der Waals surface area contributed by atoms with E-state index in [0.717, 1.165) is 18.1 Å². The summed E-state index contributed by atoms with van der Waals surface area (Å²) in [5.74, 6) is 1.76. The normalized spacial score (nSPS) is 12.6. The maximum Gasteiger partial charge on any atom is 0.122 e. The van der Waals surface area contributed by atoms with Gasteiger partial charge in [-0.15, -0.1) is 0 Å². The molecule has 1 aromatic carbocycles. The first-order valence-corrected chi connectivity index (χ1v) is 5.30. The van der Waals surface area contributed by atoms with Crippen molar-refractivity contribution in [2.45, 2.75) is 33.6 Å². The third-order valence-corrected chi connectivity index (χ3v) is 2.75. The van der Waals surface area contributed by atoms with Crippen molar-refractivity contribution in [2.24, 2.45) is 5.92 Å². The zero-order chi connectivity index (χ0) is 10.6. The van der Waals surface area contributed by atoms with Crippen LogP contribution in [0, 0.1) is 12.8 Å². The molecule has 0 heterocycles. The van der Waals surface area contributed by atoms with Crippen LogP contribution in [0.2, 0.25) is 0 Å². The Balaban J connectivity index is 2.79. The number of hydrogen-bond acceptors (Lipinski definition) is 1. The van der Waals surface area contributed by atoms with E-state index in [-0.39, 0.29) is 0 Å². The SMILES string of the molecule is CCC(C)Cc1ccc(C)c(OC)c1. The number of hydrogen-bond donors (Lipinski definition) is 0. The molecule has 1 atom stereocenters. The highest BCUT2D eigenvalue weighted by atomic mass is 16.5. The van der Waals surface area contributed by atoms with Crippen molar-refractivity contribution in [3.8, 4) is 5.75 Å². The van der Waals surface area contributed by atoms with Gasteiger partial charge in [0.15, 0.2) is 0 Å². The largest absolute Gasteiger partial charge is 0.496 e. The molecule has 0 amide bonds. The van der Waals surface area contributed by atoms with Crippen LogP contribution in [-0.2, 0) is 6.42 Å². The van der Waals surface area contributed by atoms with Gasteiger partial charge >= 0.3 is 0 Å². The Morgan fingerprint density at radius 2 is 2.07 bits per heavy atom. The molecule has 0 bridgehead atoms. The maximum atomic E-state index is 5.30. The van der Waals surface area contributed by atoms with E-state index in [1.165, 1.54) is 17.5 Å². The zero-order valence-corrected chi connectivity index (χ0v) is 9.63. The van der Waals surface area contributed by atoms with Crippen molar-refractivity contribution in [2.75, 3.05) is 7.11 Å². The van der Waals surface area contributed by atoms with Gasteiger partial charge in [0.25, 0.3) is 0 Å². The molecule has 0 saturated heterocycles. The Labute approximate surface area is 87.1 Å². The fourth-order valence-electron chi connectivity index (χ4n) is 1.54. The quantitative estimate of drug-likeness (QED) is 0.708. The molecule has 1 unspecified atom stereocenters. The molecular formula is C13H20O. The second-order valence-electron chi connectivity index (χ2n) is 4.02. The molecule has 78 valence electrons. The molecule has 0 aliphatic heterocycles. The second-order valence-corrected chi connectivity index (χ2v) is 4.02. The van der Waals surface area contributed by atoms with Gasteiger partial charge in [0.2, 0.25) is 0 Å². The molecule has 0 aromatic heterocycles. The van der Waals surface area contributed by atoms with E-state index < -0.39 is 0 Å². The molecule has 1 rings (SSSR count). The Morgan fingerprint density at radius 1 is 1.36 bits per heavy atom. The monoisotopic (exact) mass is 192 g/mol. The zero-order valence-electron chi connectivity index (χ0n) is 9.63. The maximum absolute atomic E-state index is 5.30. The van der Waals surface area contributed by atoms with E-state index in [1.807, 2.05) is 0 Å². The summed E-state index contributed by atoms with van der Waals surface area (Å²) >= 11 is 0. The summed E-state index contributed by atoms with van der Waals surface area (Å²) in [5, 5.41) is 0. The van der Waals surface area contributed by atoms with Gasteiger partial charge in [-0.1, -0.05) is 32.4 Å². The van der Waals surface area contributed by atoms with Crippen LogP contribution in [0.15, 0.2) is 18.2 Å². The summed E-state index contributed by atoms with van der Waals surface area (Å²) < 4.78 is 5.30. The van der Waals surface area contributed by atoms with Crippen LogP contribution in [0.4, 0.5) is 0 Å². The summed E-state index contributed by atoms with van der Waals surface area (Å²) in [6, 6.07) is 6.49. The minimum atomic E-state index is 0.752. The van der Waals surface area contributed by atoms with Crippen molar-refractivity contribution in [1.29, 1.82) is 0 Å². The van der Waals surface area contributed by atoms with Crippen LogP contribution >= 0.6 is 0 Å². The molecule has 0 N–H and O–H groups in total. The van der Waals surface area contributed by atoms with E-state index in [4.69, 9.17) is 4.74 Å². The minimum Gasteiger partial charge on any atom is -0.496 e. The van der Waals surface area contributed by atoms with Crippen LogP contribution in [-0.4, -0.2) is 7.11 Å². The molecule has 14 heavy (non-hydrogen) atoms. The molecule has 0 saturated carbocycles. The molecule has 0 radical (unpaired) electrons. The Kier molecular flexibility index (Phi) is 3.99. The predicted octanol–water partition coefficient (Wildman–Crippen LogP) is 3.59. The lowest BCUT2D eigenvalue weighted by Crippen LogP contribution is -1.98. The first-order valence-electron chi connectivity index (χ1n) is 5.30. The Morgan fingerprint density at radius 3 is 2.64 bits per heavy atom. The summed E-state index contributed by atoms with van der Waals surface area (Å²) in [6.07, 6.45) is 2.38. The lowest BCUT2D eigenvalue weighted by molar-refractivity contribution is 0.410. The van der Waals surface area contributed by atoms with E-state index in [9.17, 15) is 0 Å². The molecule has 0 aliphatic rings. The average Bonchev–Trinajstić information content (AvgIpc) is 2.20. The topological polar surface area (TPSA) is 9.23 Å². The smallest absolute Gasteiger partial charge is 0.122 e. The molecule has 1 nitrogen and oxygen atoms in total. The van der Waals surface area contributed by atoms with Crippen molar-refractivity contribution < 1.29 is 4.74 Å². The molecule has 0 aliphatic carbocycles. The number of ether oxygens (including phenoxy) is 1. The van der Waals surface area contributed by atoms with E-state index >= 15 is 0 Å². The molecule has 0 fully saturated rings. The van der Waals surface area contributed by atoms with Crippen molar-refractivity contribution in [3.63, 3.8) is 0 Å². The van der Waals surface area contributed by atoms with Gasteiger partial charge in [-0.3, -0.25) is 0 Å². The van der Waals surface area contributed by atoms with Crippen LogP contribution < -0.4 is 4.74 Å². The number of aryl methyl sites for hydroxylation is 1. The minimum absolute atomic E-state index is 0.752. The van der Waals surface area contributed by atoms with Crippen LogP contribution in [0.1, 0.15) is 31.4 Å². The molecule has 1 heteroatoms. The highest BCUT2D eigenvalue weighted by Crippen LogP contribution is 2.21. The van der Waals surface area contributed by atoms with Gasteiger partial charge in [0.1, 0.15) is 5.75 Å². The third-order valence-electron chi connectivity index (χ3n) is 2.75. The lowest BCUT2D eigenvalue weighted by Gasteiger charge is -2.11. The number of benzene rings is 1. The van der Waals surface area contributed by atoms with Crippen LogP contribution in [0.3, 0.4) is 0 Å². The highest BCUT2D eigenvalue weighted by Gasteiger charge is 2.04. The fraction of sp³-hybridized carbons (Fsp3) is 0.538. The Hall–Kier alpha value is -0.980. The predicted molar refractivity (Wildman–Crippen MR) is 60.9 cm³/mol. The summed E-state index contributed by atoms with van der Waals surface area (Å²) in [5.41, 5.74) is 2.59. The van der Waals surface area contributed by atoms with Gasteiger partial charge in [-0.2, -0.15) is 0 Å². The summed E-state index contributed by atoms with van der Waals surface area (Å²) in [6.45, 7) is 6.59. The first-order chi connectivity index (χ1) is 6.67. The van der Waals surface area contributed by atoms with Gasteiger partial charge < -0.3 is 4.74 Å². The number of methoxy groups -OCH3 is 1. The fourth-order valence-corrected chi connectivity index (χ4v) is 1.54. The molecule has 0 spiro atoms. The molecule has 1 aromatic rings. The van der Waals surface area contributed by atoms with Crippen molar-refractivity contribution in [1.82, 2.24) is 0 Å². The van der Waals surface area contributed by atoms with Crippen LogP contribution in [0.25, 0.3) is 0 Å². The summed E-state index contributed by atoms with van der Waals surface area (Å²) in [4.78, 5) is 0. The lowest BCUT2D eigenvalue weighted by atomic mass is 9.98. The van der Waals surface area contributed by atoms with Crippen molar-refractivity contribution in [3.05, 3.63) is 29.3 Å². The van der Waals surface area contributed by atoms with Crippen molar-refractivity contribution >= 4 is 0 Å². The summed E-state index contributed by atoms with van der Waals surface area (Å²) in [7, 11) is 1.73. The Bertz CT molecular complexity index is 291. The van der Waals surface area contributed by atoms with Gasteiger partial charge in [-0.05, 0) is 36.5 Å². The van der Waals surface area contributed by atoms with E-state index in [0.29, 0.717) is 0 Å². The van der Waals surface area contributed by atoms with E-state index in [1.54, 1.807) is 7.11 Å². The third kappa shape index (κ3) is 2.76. The second kappa shape index (κ2) is 5.04. The average molecular weight is 192 g/mol.